The Morgan fingerprint density at radius 3 is 2.83 bits per heavy atom. The van der Waals surface area contributed by atoms with Crippen LogP contribution in [0.2, 0.25) is 0 Å². The van der Waals surface area contributed by atoms with Gasteiger partial charge in [-0.15, -0.1) is 0 Å². The van der Waals surface area contributed by atoms with Crippen LogP contribution in [0, 0.1) is 0 Å². The second-order valence-corrected chi connectivity index (χ2v) is 4.61. The zero-order valence-electron chi connectivity index (χ0n) is 11.3. The van der Waals surface area contributed by atoms with Crippen LogP contribution in [0.25, 0.3) is 11.0 Å². The molecule has 0 fully saturated rings. The highest BCUT2D eigenvalue weighted by molar-refractivity contribution is 5.75. The molecule has 0 saturated heterocycles. The molecule has 3 nitrogen and oxygen atoms in total. The van der Waals surface area contributed by atoms with Gasteiger partial charge in [-0.25, -0.2) is 4.98 Å². The molecule has 0 N–H and O–H groups in total. The summed E-state index contributed by atoms with van der Waals surface area (Å²) < 4.78 is 8.16. The Hall–Kier alpha value is -1.35. The van der Waals surface area contributed by atoms with Crippen LogP contribution in [0.1, 0.15) is 45.8 Å². The summed E-state index contributed by atoms with van der Waals surface area (Å²) in [5.74, 6) is 0. The van der Waals surface area contributed by atoms with E-state index < -0.39 is 0 Å². The molecule has 0 spiro atoms. The molecular formula is C15H22N2O. The van der Waals surface area contributed by atoms with Crippen molar-refractivity contribution in [3.05, 3.63) is 30.6 Å². The van der Waals surface area contributed by atoms with E-state index in [4.69, 9.17) is 4.74 Å². The summed E-state index contributed by atoms with van der Waals surface area (Å²) in [6.45, 7) is 5.20. The Labute approximate surface area is 109 Å². The van der Waals surface area contributed by atoms with Gasteiger partial charge < -0.3 is 9.30 Å². The van der Waals surface area contributed by atoms with Crippen molar-refractivity contribution in [3.8, 4) is 0 Å². The van der Waals surface area contributed by atoms with Gasteiger partial charge >= 0.3 is 0 Å². The molecule has 1 heterocycles. The van der Waals surface area contributed by atoms with E-state index in [1.54, 1.807) is 0 Å². The molecule has 1 aromatic carbocycles. The van der Waals surface area contributed by atoms with E-state index >= 15 is 0 Å². The monoisotopic (exact) mass is 246 g/mol. The predicted molar refractivity (Wildman–Crippen MR) is 74.5 cm³/mol. The van der Waals surface area contributed by atoms with E-state index in [-0.39, 0.29) is 6.23 Å². The molecule has 1 aromatic heterocycles. The van der Waals surface area contributed by atoms with Crippen LogP contribution in [0.5, 0.6) is 0 Å². The Bertz CT molecular complexity index is 478. The maximum absolute atomic E-state index is 6.00. The highest BCUT2D eigenvalue weighted by atomic mass is 16.5. The lowest BCUT2D eigenvalue weighted by Crippen LogP contribution is -2.12. The van der Waals surface area contributed by atoms with E-state index in [1.165, 1.54) is 6.42 Å². The number of aromatic nitrogens is 2. The zero-order chi connectivity index (χ0) is 12.8. The molecular weight excluding hydrogens is 224 g/mol. The average Bonchev–Trinajstić information content (AvgIpc) is 2.82. The third kappa shape index (κ3) is 2.91. The number of nitrogens with zero attached hydrogens (tertiary/aromatic N) is 2. The molecule has 3 heteroatoms. The minimum Gasteiger partial charge on any atom is -0.358 e. The van der Waals surface area contributed by atoms with Gasteiger partial charge in [0.25, 0.3) is 0 Å². The smallest absolute Gasteiger partial charge is 0.135 e. The molecule has 1 unspecified atom stereocenters. The average molecular weight is 246 g/mol. The van der Waals surface area contributed by atoms with E-state index in [0.717, 1.165) is 36.9 Å². The van der Waals surface area contributed by atoms with Crippen molar-refractivity contribution >= 4 is 11.0 Å². The van der Waals surface area contributed by atoms with Crippen LogP contribution >= 0.6 is 0 Å². The second kappa shape index (κ2) is 6.55. The van der Waals surface area contributed by atoms with Crippen LogP contribution in [-0.4, -0.2) is 16.2 Å². The normalized spacial score (nSPS) is 13.0. The summed E-state index contributed by atoms with van der Waals surface area (Å²) >= 11 is 0. The molecule has 2 rings (SSSR count). The number of hydrogen-bond acceptors (Lipinski definition) is 2. The number of rotatable bonds is 7. The van der Waals surface area contributed by atoms with Gasteiger partial charge in [-0.1, -0.05) is 38.8 Å². The summed E-state index contributed by atoms with van der Waals surface area (Å²) in [6.07, 6.45) is 6.45. The molecule has 0 aliphatic carbocycles. The Kier molecular flexibility index (Phi) is 4.76. The fraction of sp³-hybridized carbons (Fsp3) is 0.533. The van der Waals surface area contributed by atoms with Crippen molar-refractivity contribution in [1.82, 2.24) is 9.55 Å². The Balaban J connectivity index is 2.18. The van der Waals surface area contributed by atoms with Crippen LogP contribution in [0.15, 0.2) is 30.6 Å². The van der Waals surface area contributed by atoms with Crippen molar-refractivity contribution in [3.63, 3.8) is 0 Å². The highest BCUT2D eigenvalue weighted by Crippen LogP contribution is 2.22. The largest absolute Gasteiger partial charge is 0.358 e. The lowest BCUT2D eigenvalue weighted by molar-refractivity contribution is -0.00269. The van der Waals surface area contributed by atoms with Crippen molar-refractivity contribution in [1.29, 1.82) is 0 Å². The summed E-state index contributed by atoms with van der Waals surface area (Å²) in [4.78, 5) is 4.43. The molecule has 0 bridgehead atoms. The quantitative estimate of drug-likeness (QED) is 0.686. The first-order valence-electron chi connectivity index (χ1n) is 6.90. The third-order valence-electron chi connectivity index (χ3n) is 3.14. The van der Waals surface area contributed by atoms with Crippen molar-refractivity contribution in [2.24, 2.45) is 0 Å². The SMILES string of the molecule is CCCCOC(CCC)n1cnc2ccccc21. The number of para-hydroxylation sites is 2. The first kappa shape index (κ1) is 13.1. The molecule has 0 saturated carbocycles. The van der Waals surface area contributed by atoms with Crippen LogP contribution in [0.4, 0.5) is 0 Å². The van der Waals surface area contributed by atoms with Gasteiger partial charge in [0.2, 0.25) is 0 Å². The fourth-order valence-corrected chi connectivity index (χ4v) is 2.12. The van der Waals surface area contributed by atoms with Gasteiger partial charge in [0.05, 0.1) is 17.4 Å². The molecule has 0 radical (unpaired) electrons. The van der Waals surface area contributed by atoms with E-state index in [1.807, 2.05) is 18.5 Å². The molecule has 0 aliphatic heterocycles. The van der Waals surface area contributed by atoms with Crippen molar-refractivity contribution in [2.75, 3.05) is 6.61 Å². The molecule has 98 valence electrons. The summed E-state index contributed by atoms with van der Waals surface area (Å²) in [7, 11) is 0. The van der Waals surface area contributed by atoms with Crippen LogP contribution in [-0.2, 0) is 4.74 Å². The van der Waals surface area contributed by atoms with Crippen molar-refractivity contribution < 1.29 is 4.74 Å². The lowest BCUT2D eigenvalue weighted by atomic mass is 10.2. The van der Waals surface area contributed by atoms with Gasteiger partial charge in [-0.2, -0.15) is 0 Å². The fourth-order valence-electron chi connectivity index (χ4n) is 2.12. The molecule has 1 atom stereocenters. The zero-order valence-corrected chi connectivity index (χ0v) is 11.3. The number of unbranched alkanes of at least 4 members (excludes halogenated alkanes) is 1. The molecule has 0 amide bonds. The van der Waals surface area contributed by atoms with Gasteiger partial charge in [0.1, 0.15) is 6.23 Å². The maximum atomic E-state index is 6.00. The van der Waals surface area contributed by atoms with Gasteiger partial charge in [-0.3, -0.25) is 0 Å². The topological polar surface area (TPSA) is 27.1 Å². The van der Waals surface area contributed by atoms with E-state index in [9.17, 15) is 0 Å². The minimum absolute atomic E-state index is 0.119. The minimum atomic E-state index is 0.119. The van der Waals surface area contributed by atoms with Crippen LogP contribution in [0.3, 0.4) is 0 Å². The molecule has 18 heavy (non-hydrogen) atoms. The number of ether oxygens (including phenoxy) is 1. The first-order valence-corrected chi connectivity index (χ1v) is 6.90. The Morgan fingerprint density at radius 2 is 2.06 bits per heavy atom. The number of imidazole rings is 1. The van der Waals surface area contributed by atoms with Gasteiger partial charge in [0.15, 0.2) is 0 Å². The molecule has 0 aliphatic rings. The summed E-state index contributed by atoms with van der Waals surface area (Å²) in [5, 5.41) is 0. The predicted octanol–water partition coefficient (Wildman–Crippen LogP) is 4.15. The van der Waals surface area contributed by atoms with E-state index in [2.05, 4.69) is 35.5 Å². The summed E-state index contributed by atoms with van der Waals surface area (Å²) in [6, 6.07) is 8.22. The van der Waals surface area contributed by atoms with Crippen molar-refractivity contribution in [2.45, 2.75) is 45.8 Å². The number of benzene rings is 1. The highest BCUT2D eigenvalue weighted by Gasteiger charge is 2.13. The van der Waals surface area contributed by atoms with E-state index in [0.29, 0.717) is 0 Å². The lowest BCUT2D eigenvalue weighted by Gasteiger charge is -2.19. The Morgan fingerprint density at radius 1 is 1.22 bits per heavy atom. The number of hydrogen-bond donors (Lipinski definition) is 0. The van der Waals surface area contributed by atoms with Gasteiger partial charge in [-0.05, 0) is 25.0 Å². The first-order chi connectivity index (χ1) is 8.86. The van der Waals surface area contributed by atoms with Crippen LogP contribution < -0.4 is 0 Å². The number of fused-ring (bicyclic) bond motifs is 1. The van der Waals surface area contributed by atoms with Gasteiger partial charge in [0, 0.05) is 6.61 Å². The molecule has 2 aromatic rings. The standard InChI is InChI=1S/C15H22N2O/c1-3-5-11-18-15(8-4-2)17-12-16-13-9-6-7-10-14(13)17/h6-7,9-10,12,15H,3-5,8,11H2,1-2H3. The second-order valence-electron chi connectivity index (χ2n) is 4.61. The third-order valence-corrected chi connectivity index (χ3v) is 3.14. The summed E-state index contributed by atoms with van der Waals surface area (Å²) in [5.41, 5.74) is 2.20. The maximum Gasteiger partial charge on any atom is 0.135 e.